The van der Waals surface area contributed by atoms with Crippen molar-refractivity contribution >= 4 is 17.4 Å². The van der Waals surface area contributed by atoms with Crippen LogP contribution in [0, 0.1) is 0 Å². The van der Waals surface area contributed by atoms with Crippen LogP contribution in [0.4, 0.5) is 5.82 Å². The average molecular weight is 238 g/mol. The van der Waals surface area contributed by atoms with Gasteiger partial charge in [0.05, 0.1) is 18.6 Å². The Morgan fingerprint density at radius 2 is 2.19 bits per heavy atom. The molecule has 0 saturated carbocycles. The Morgan fingerprint density at radius 3 is 2.81 bits per heavy atom. The zero-order valence-corrected chi connectivity index (χ0v) is 9.89. The van der Waals surface area contributed by atoms with Crippen molar-refractivity contribution < 1.29 is 0 Å². The molecule has 0 aromatic carbocycles. The van der Waals surface area contributed by atoms with Gasteiger partial charge in [0.1, 0.15) is 11.0 Å². The molecule has 0 radical (unpaired) electrons. The fourth-order valence-corrected chi connectivity index (χ4v) is 1.57. The Hall–Kier alpha value is -1.62. The predicted octanol–water partition coefficient (Wildman–Crippen LogP) is 1.50. The lowest BCUT2D eigenvalue weighted by Crippen LogP contribution is -2.17. The van der Waals surface area contributed by atoms with Gasteiger partial charge >= 0.3 is 0 Å². The summed E-state index contributed by atoms with van der Waals surface area (Å²) in [6.07, 6.45) is 6.99. The standard InChI is InChI=1S/C10H12ClN5/c1-15(6-8-3-13-16(2)7-8)10-5-12-4-9(11)14-10/h3-5,7H,6H2,1-2H3. The molecular formula is C10H12ClN5. The maximum Gasteiger partial charge on any atom is 0.149 e. The molecule has 2 rings (SSSR count). The van der Waals surface area contributed by atoms with Crippen LogP contribution in [-0.2, 0) is 13.6 Å². The maximum atomic E-state index is 5.78. The SMILES string of the molecule is CN(Cc1cnn(C)c1)c1cncc(Cl)n1. The molecule has 0 spiro atoms. The summed E-state index contributed by atoms with van der Waals surface area (Å²) in [5.41, 5.74) is 1.12. The molecule has 5 nitrogen and oxygen atoms in total. The molecule has 0 bridgehead atoms. The van der Waals surface area contributed by atoms with Crippen molar-refractivity contribution in [3.63, 3.8) is 0 Å². The molecule has 84 valence electrons. The van der Waals surface area contributed by atoms with Crippen molar-refractivity contribution in [2.75, 3.05) is 11.9 Å². The summed E-state index contributed by atoms with van der Waals surface area (Å²) in [5, 5.41) is 4.51. The maximum absolute atomic E-state index is 5.78. The van der Waals surface area contributed by atoms with Gasteiger partial charge in [-0.15, -0.1) is 0 Å². The highest BCUT2D eigenvalue weighted by Gasteiger charge is 2.05. The van der Waals surface area contributed by atoms with Crippen LogP contribution in [0.5, 0.6) is 0 Å². The van der Waals surface area contributed by atoms with Crippen LogP contribution < -0.4 is 4.90 Å². The second-order valence-corrected chi connectivity index (χ2v) is 3.97. The van der Waals surface area contributed by atoms with Gasteiger partial charge in [-0.3, -0.25) is 9.67 Å². The van der Waals surface area contributed by atoms with Crippen LogP contribution in [0.1, 0.15) is 5.56 Å². The molecule has 16 heavy (non-hydrogen) atoms. The largest absolute Gasteiger partial charge is 0.354 e. The number of halogens is 1. The lowest BCUT2D eigenvalue weighted by atomic mass is 10.3. The lowest BCUT2D eigenvalue weighted by Gasteiger charge is -2.16. The summed E-state index contributed by atoms with van der Waals surface area (Å²) in [6, 6.07) is 0. The topological polar surface area (TPSA) is 46.8 Å². The smallest absolute Gasteiger partial charge is 0.149 e. The highest BCUT2D eigenvalue weighted by Crippen LogP contribution is 2.13. The second kappa shape index (κ2) is 4.49. The Morgan fingerprint density at radius 1 is 1.38 bits per heavy atom. The minimum Gasteiger partial charge on any atom is -0.354 e. The highest BCUT2D eigenvalue weighted by molar-refractivity contribution is 6.29. The van der Waals surface area contributed by atoms with Crippen LogP contribution in [0.3, 0.4) is 0 Å². The molecule has 0 saturated heterocycles. The first-order chi connectivity index (χ1) is 7.65. The minimum atomic E-state index is 0.399. The molecule has 2 aromatic heterocycles. The van der Waals surface area contributed by atoms with Gasteiger partial charge < -0.3 is 4.90 Å². The number of anilines is 1. The third-order valence-corrected chi connectivity index (χ3v) is 2.34. The van der Waals surface area contributed by atoms with Gasteiger partial charge in [-0.1, -0.05) is 11.6 Å². The molecular weight excluding hydrogens is 226 g/mol. The van der Waals surface area contributed by atoms with Gasteiger partial charge in [-0.2, -0.15) is 5.10 Å². The zero-order chi connectivity index (χ0) is 11.5. The molecule has 0 aliphatic carbocycles. The van der Waals surface area contributed by atoms with Crippen molar-refractivity contribution in [1.29, 1.82) is 0 Å². The van der Waals surface area contributed by atoms with Gasteiger partial charge in [0.25, 0.3) is 0 Å². The van der Waals surface area contributed by atoms with E-state index in [2.05, 4.69) is 15.1 Å². The lowest BCUT2D eigenvalue weighted by molar-refractivity contribution is 0.766. The average Bonchev–Trinajstić information content (AvgIpc) is 2.64. The summed E-state index contributed by atoms with van der Waals surface area (Å²) in [4.78, 5) is 10.1. The highest BCUT2D eigenvalue weighted by atomic mass is 35.5. The molecule has 2 aromatic rings. The first-order valence-electron chi connectivity index (χ1n) is 4.81. The van der Waals surface area contributed by atoms with Crippen LogP contribution in [0.15, 0.2) is 24.8 Å². The molecule has 0 unspecified atom stereocenters. The Kier molecular flexibility index (Phi) is 3.05. The van der Waals surface area contributed by atoms with E-state index in [1.54, 1.807) is 10.9 Å². The quantitative estimate of drug-likeness (QED) is 0.812. The van der Waals surface area contributed by atoms with Gasteiger partial charge in [0.2, 0.25) is 0 Å². The van der Waals surface area contributed by atoms with Crippen molar-refractivity contribution in [2.24, 2.45) is 7.05 Å². The Labute approximate surface area is 98.7 Å². The first kappa shape index (κ1) is 10.9. The number of aromatic nitrogens is 4. The van der Waals surface area contributed by atoms with Gasteiger partial charge in [-0.05, 0) is 0 Å². The van der Waals surface area contributed by atoms with Crippen molar-refractivity contribution in [3.8, 4) is 0 Å². The molecule has 0 aliphatic rings. The van der Waals surface area contributed by atoms with Gasteiger partial charge in [-0.25, -0.2) is 4.98 Å². The van der Waals surface area contributed by atoms with Crippen LogP contribution in [-0.4, -0.2) is 26.8 Å². The third kappa shape index (κ3) is 2.49. The summed E-state index contributed by atoms with van der Waals surface area (Å²) in [6.45, 7) is 0.725. The summed E-state index contributed by atoms with van der Waals surface area (Å²) in [7, 11) is 3.83. The van der Waals surface area contributed by atoms with Crippen molar-refractivity contribution in [3.05, 3.63) is 35.5 Å². The monoisotopic (exact) mass is 237 g/mol. The molecule has 0 N–H and O–H groups in total. The number of nitrogens with zero attached hydrogens (tertiary/aromatic N) is 5. The fourth-order valence-electron chi connectivity index (χ4n) is 1.42. The Bertz CT molecular complexity index is 482. The number of hydrogen-bond acceptors (Lipinski definition) is 4. The zero-order valence-electron chi connectivity index (χ0n) is 9.13. The van der Waals surface area contributed by atoms with E-state index in [9.17, 15) is 0 Å². The number of aryl methyl sites for hydroxylation is 1. The van der Waals surface area contributed by atoms with Crippen molar-refractivity contribution in [2.45, 2.75) is 6.54 Å². The minimum absolute atomic E-state index is 0.399. The van der Waals surface area contributed by atoms with Gasteiger partial charge in [0, 0.05) is 32.4 Å². The first-order valence-corrected chi connectivity index (χ1v) is 5.19. The third-order valence-electron chi connectivity index (χ3n) is 2.16. The fraction of sp³-hybridized carbons (Fsp3) is 0.300. The van der Waals surface area contributed by atoms with Gasteiger partial charge in [0.15, 0.2) is 0 Å². The summed E-state index contributed by atoms with van der Waals surface area (Å²) >= 11 is 5.78. The van der Waals surface area contributed by atoms with E-state index in [-0.39, 0.29) is 0 Å². The molecule has 2 heterocycles. The van der Waals surface area contributed by atoms with E-state index in [0.29, 0.717) is 5.15 Å². The van der Waals surface area contributed by atoms with Crippen LogP contribution >= 0.6 is 11.6 Å². The molecule has 0 amide bonds. The normalized spacial score (nSPS) is 10.4. The van der Waals surface area contributed by atoms with E-state index in [1.165, 1.54) is 6.20 Å². The molecule has 6 heteroatoms. The second-order valence-electron chi connectivity index (χ2n) is 3.58. The van der Waals surface area contributed by atoms with E-state index >= 15 is 0 Å². The van der Waals surface area contributed by atoms with E-state index < -0.39 is 0 Å². The van der Waals surface area contributed by atoms with E-state index in [0.717, 1.165) is 17.9 Å². The number of rotatable bonds is 3. The summed E-state index contributed by atoms with van der Waals surface area (Å²) < 4.78 is 1.77. The van der Waals surface area contributed by atoms with E-state index in [1.807, 2.05) is 31.4 Å². The van der Waals surface area contributed by atoms with Crippen LogP contribution in [0.2, 0.25) is 5.15 Å². The molecule has 0 atom stereocenters. The predicted molar refractivity (Wildman–Crippen MR) is 62.4 cm³/mol. The summed E-state index contributed by atoms with van der Waals surface area (Å²) in [5.74, 6) is 0.747. The molecule has 0 fully saturated rings. The number of hydrogen-bond donors (Lipinski definition) is 0. The van der Waals surface area contributed by atoms with Crippen molar-refractivity contribution in [1.82, 2.24) is 19.7 Å². The Balaban J connectivity index is 2.11. The van der Waals surface area contributed by atoms with Crippen LogP contribution in [0.25, 0.3) is 0 Å². The van der Waals surface area contributed by atoms with E-state index in [4.69, 9.17) is 11.6 Å². The molecule has 0 aliphatic heterocycles.